The number of benzene rings is 2. The van der Waals surface area contributed by atoms with E-state index in [9.17, 15) is 9.59 Å². The van der Waals surface area contributed by atoms with Gasteiger partial charge in [0.15, 0.2) is 0 Å². The first-order valence-corrected chi connectivity index (χ1v) is 9.39. The molecule has 134 valence electrons. The molecule has 1 aliphatic heterocycles. The van der Waals surface area contributed by atoms with Crippen molar-refractivity contribution in [1.29, 1.82) is 0 Å². The van der Waals surface area contributed by atoms with E-state index in [4.69, 9.17) is 16.3 Å². The number of thioether (sulfide) groups is 1. The predicted octanol–water partition coefficient (Wildman–Crippen LogP) is 5.36. The highest BCUT2D eigenvalue weighted by atomic mass is 35.5. The number of ether oxygens (including phenoxy) is 1. The van der Waals surface area contributed by atoms with Crippen molar-refractivity contribution in [3.05, 3.63) is 69.6 Å². The van der Waals surface area contributed by atoms with Gasteiger partial charge < -0.3 is 4.74 Å². The van der Waals surface area contributed by atoms with Crippen LogP contribution >= 0.6 is 23.4 Å². The summed E-state index contributed by atoms with van der Waals surface area (Å²) in [5.74, 6) is 0.390. The molecule has 2 amide bonds. The zero-order chi connectivity index (χ0) is 18.7. The summed E-state index contributed by atoms with van der Waals surface area (Å²) in [7, 11) is 0. The third kappa shape index (κ3) is 4.29. The molecule has 26 heavy (non-hydrogen) atoms. The molecule has 4 nitrogen and oxygen atoms in total. The molecule has 0 unspecified atom stereocenters. The number of imide groups is 1. The Morgan fingerprint density at radius 2 is 1.81 bits per heavy atom. The number of hydrogen-bond acceptors (Lipinski definition) is 4. The molecule has 1 heterocycles. The van der Waals surface area contributed by atoms with Gasteiger partial charge in [0.1, 0.15) is 5.75 Å². The van der Waals surface area contributed by atoms with Gasteiger partial charge in [-0.3, -0.25) is 14.5 Å². The Labute approximate surface area is 161 Å². The monoisotopic (exact) mass is 387 g/mol. The van der Waals surface area contributed by atoms with E-state index in [1.807, 2.05) is 38.1 Å². The van der Waals surface area contributed by atoms with Gasteiger partial charge in [0.05, 0.1) is 17.6 Å². The summed E-state index contributed by atoms with van der Waals surface area (Å²) in [6.45, 7) is 4.11. The minimum absolute atomic E-state index is 0.0181. The summed E-state index contributed by atoms with van der Waals surface area (Å²) in [4.78, 5) is 26.6. The Hall–Kier alpha value is -2.24. The number of carbonyl (C=O) groups is 2. The molecule has 2 aromatic rings. The highest BCUT2D eigenvalue weighted by Gasteiger charge is 2.35. The van der Waals surface area contributed by atoms with Gasteiger partial charge in [0, 0.05) is 10.6 Å². The van der Waals surface area contributed by atoms with Gasteiger partial charge in [0.2, 0.25) is 0 Å². The number of rotatable bonds is 5. The van der Waals surface area contributed by atoms with Gasteiger partial charge in [-0.15, -0.1) is 0 Å². The summed E-state index contributed by atoms with van der Waals surface area (Å²) >= 11 is 6.82. The molecule has 0 N–H and O–H groups in total. The van der Waals surface area contributed by atoms with Crippen molar-refractivity contribution in [3.63, 3.8) is 0 Å². The van der Waals surface area contributed by atoms with Crippen LogP contribution in [0.4, 0.5) is 4.79 Å². The van der Waals surface area contributed by atoms with Crippen LogP contribution < -0.4 is 4.74 Å². The zero-order valence-corrected chi connectivity index (χ0v) is 16.0. The highest BCUT2D eigenvalue weighted by molar-refractivity contribution is 8.18. The van der Waals surface area contributed by atoms with E-state index in [0.717, 1.165) is 22.9 Å². The summed E-state index contributed by atoms with van der Waals surface area (Å²) < 4.78 is 5.78. The van der Waals surface area contributed by atoms with Crippen molar-refractivity contribution in [3.8, 4) is 5.75 Å². The molecule has 6 heteroatoms. The molecular weight excluding hydrogens is 370 g/mol. The summed E-state index contributed by atoms with van der Waals surface area (Å²) in [6.07, 6.45) is 1.73. The van der Waals surface area contributed by atoms with Crippen molar-refractivity contribution in [2.75, 3.05) is 0 Å². The maximum atomic E-state index is 12.7. The van der Waals surface area contributed by atoms with E-state index >= 15 is 0 Å². The highest BCUT2D eigenvalue weighted by Crippen LogP contribution is 2.35. The van der Waals surface area contributed by atoms with Gasteiger partial charge in [0.25, 0.3) is 11.1 Å². The van der Waals surface area contributed by atoms with Gasteiger partial charge in [-0.25, -0.2) is 0 Å². The number of hydrogen-bond donors (Lipinski definition) is 0. The quantitative estimate of drug-likeness (QED) is 0.647. The Bertz CT molecular complexity index is 862. The molecule has 0 aliphatic carbocycles. The Kier molecular flexibility index (Phi) is 5.69. The SMILES string of the molecule is CC(C)Oc1ccccc1/C=C1\SC(=O)N(Cc2ccc(Cl)cc2)C1=O. The number of halogens is 1. The van der Waals surface area contributed by atoms with Crippen LogP contribution in [0.5, 0.6) is 5.75 Å². The Morgan fingerprint density at radius 1 is 1.12 bits per heavy atom. The molecule has 0 bridgehead atoms. The normalized spacial score (nSPS) is 16.0. The maximum absolute atomic E-state index is 12.7. The van der Waals surface area contributed by atoms with E-state index in [0.29, 0.717) is 15.7 Å². The Balaban J connectivity index is 1.82. The molecule has 3 rings (SSSR count). The van der Waals surface area contributed by atoms with Crippen LogP contribution in [0.25, 0.3) is 6.08 Å². The third-order valence-corrected chi connectivity index (χ3v) is 4.86. The van der Waals surface area contributed by atoms with Crippen LogP contribution in [-0.4, -0.2) is 22.2 Å². The maximum Gasteiger partial charge on any atom is 0.293 e. The number of amides is 2. The van der Waals surface area contributed by atoms with Crippen molar-refractivity contribution in [2.24, 2.45) is 0 Å². The van der Waals surface area contributed by atoms with Crippen molar-refractivity contribution >= 4 is 40.6 Å². The largest absolute Gasteiger partial charge is 0.490 e. The average Bonchev–Trinajstić information content (AvgIpc) is 2.85. The van der Waals surface area contributed by atoms with Crippen molar-refractivity contribution < 1.29 is 14.3 Å². The average molecular weight is 388 g/mol. The second kappa shape index (κ2) is 7.98. The fraction of sp³-hybridized carbons (Fsp3) is 0.200. The first-order chi connectivity index (χ1) is 12.4. The molecule has 1 aliphatic rings. The number of carbonyl (C=O) groups excluding carboxylic acids is 2. The van der Waals surface area contributed by atoms with Crippen LogP contribution in [0, 0.1) is 0 Å². The molecule has 0 radical (unpaired) electrons. The second-order valence-electron chi connectivity index (χ2n) is 6.10. The summed E-state index contributed by atoms with van der Waals surface area (Å²) in [5, 5.41) is 0.336. The molecule has 1 fully saturated rings. The molecular formula is C20H18ClNO3S. The topological polar surface area (TPSA) is 46.6 Å². The van der Waals surface area contributed by atoms with Gasteiger partial charge in [-0.2, -0.15) is 0 Å². The lowest BCUT2D eigenvalue weighted by Crippen LogP contribution is -2.27. The smallest absolute Gasteiger partial charge is 0.293 e. The molecule has 0 spiro atoms. The summed E-state index contributed by atoms with van der Waals surface area (Å²) in [5.41, 5.74) is 1.62. The fourth-order valence-corrected chi connectivity index (χ4v) is 3.47. The number of para-hydroxylation sites is 1. The van der Waals surface area contributed by atoms with Crippen LogP contribution in [0.1, 0.15) is 25.0 Å². The molecule has 0 aromatic heterocycles. The second-order valence-corrected chi connectivity index (χ2v) is 7.53. The van der Waals surface area contributed by atoms with E-state index in [1.54, 1.807) is 30.3 Å². The van der Waals surface area contributed by atoms with Crippen LogP contribution in [0.2, 0.25) is 5.02 Å². The predicted molar refractivity (Wildman–Crippen MR) is 105 cm³/mol. The van der Waals surface area contributed by atoms with Gasteiger partial charge in [-0.1, -0.05) is 41.9 Å². The van der Waals surface area contributed by atoms with E-state index < -0.39 is 0 Å². The first kappa shape index (κ1) is 18.5. The van der Waals surface area contributed by atoms with Crippen LogP contribution in [-0.2, 0) is 11.3 Å². The van der Waals surface area contributed by atoms with E-state index in [-0.39, 0.29) is 23.8 Å². The first-order valence-electron chi connectivity index (χ1n) is 8.19. The third-order valence-electron chi connectivity index (χ3n) is 3.70. The van der Waals surface area contributed by atoms with Gasteiger partial charge in [-0.05, 0) is 55.4 Å². The minimum atomic E-state index is -0.297. The molecule has 1 saturated heterocycles. The van der Waals surface area contributed by atoms with Crippen molar-refractivity contribution in [1.82, 2.24) is 4.90 Å². The van der Waals surface area contributed by atoms with Crippen LogP contribution in [0.3, 0.4) is 0 Å². The lowest BCUT2D eigenvalue weighted by atomic mass is 10.1. The van der Waals surface area contributed by atoms with Crippen molar-refractivity contribution in [2.45, 2.75) is 26.5 Å². The number of nitrogens with zero attached hydrogens (tertiary/aromatic N) is 1. The molecule has 0 saturated carbocycles. The van der Waals surface area contributed by atoms with Gasteiger partial charge >= 0.3 is 0 Å². The van der Waals surface area contributed by atoms with E-state index in [1.165, 1.54) is 4.90 Å². The molecule has 0 atom stereocenters. The lowest BCUT2D eigenvalue weighted by Gasteiger charge is -2.13. The molecule has 2 aromatic carbocycles. The standard InChI is InChI=1S/C20H18ClNO3S/c1-13(2)25-17-6-4-3-5-15(17)11-18-19(23)22(20(24)26-18)12-14-7-9-16(21)10-8-14/h3-11,13H,12H2,1-2H3/b18-11-. The summed E-state index contributed by atoms with van der Waals surface area (Å²) in [6, 6.07) is 14.6. The zero-order valence-electron chi connectivity index (χ0n) is 14.4. The Morgan fingerprint density at radius 3 is 2.50 bits per heavy atom. The fourth-order valence-electron chi connectivity index (χ4n) is 2.51. The minimum Gasteiger partial charge on any atom is -0.490 e. The lowest BCUT2D eigenvalue weighted by molar-refractivity contribution is -0.123. The van der Waals surface area contributed by atoms with E-state index in [2.05, 4.69) is 0 Å². The van der Waals surface area contributed by atoms with Crippen LogP contribution in [0.15, 0.2) is 53.4 Å².